The van der Waals surface area contributed by atoms with Crippen molar-refractivity contribution in [3.05, 3.63) is 35.9 Å². The molecule has 0 bridgehead atoms. The zero-order valence-electron chi connectivity index (χ0n) is 10.7. The predicted octanol–water partition coefficient (Wildman–Crippen LogP) is -0.757. The Bertz CT molecular complexity index is 474. The summed E-state index contributed by atoms with van der Waals surface area (Å²) in [6.07, 6.45) is -6.14. The Labute approximate surface area is 130 Å². The molecule has 0 aliphatic heterocycles. The first kappa shape index (κ1) is 18.3. The minimum atomic E-state index is -2.92. The molecule has 21 heavy (non-hydrogen) atoms. The van der Waals surface area contributed by atoms with Crippen LogP contribution in [-0.4, -0.2) is 65.9 Å². The summed E-state index contributed by atoms with van der Waals surface area (Å²) in [6.45, 7) is -0.904. The molecule has 4 atom stereocenters. The number of hydrogen-bond acceptors (Lipinski definition) is 7. The Kier molecular flexibility index (Phi) is 6.51. The minimum absolute atomic E-state index is 0.0136. The number of aliphatic hydroxyl groups is 5. The monoisotopic (exact) mass is 339 g/mol. The van der Waals surface area contributed by atoms with Crippen LogP contribution in [0.25, 0.3) is 0 Å². The molecule has 0 unspecified atom stereocenters. The highest BCUT2D eigenvalue weighted by atomic mass is 35.5. The number of nitrogens with zero attached hydrogens (tertiary/aromatic N) is 1. The molecule has 0 spiro atoms. The number of aliphatic hydroxyl groups excluding tert-OH is 4. The van der Waals surface area contributed by atoms with E-state index in [4.69, 9.17) is 28.7 Å². The molecule has 0 aromatic heterocycles. The molecule has 1 aromatic rings. The van der Waals surface area contributed by atoms with Crippen LogP contribution in [0.3, 0.4) is 0 Å². The number of rotatable bonds is 7. The van der Waals surface area contributed by atoms with Gasteiger partial charge >= 0.3 is 0 Å². The van der Waals surface area contributed by atoms with Gasteiger partial charge in [-0.05, 0) is 23.6 Å². The first-order valence-corrected chi connectivity index (χ1v) is 6.53. The molecule has 0 aliphatic carbocycles. The van der Waals surface area contributed by atoms with E-state index in [0.717, 1.165) is 0 Å². The number of ketones is 1. The molecule has 0 radical (unpaired) electrons. The van der Waals surface area contributed by atoms with Crippen LogP contribution in [0.2, 0.25) is 0 Å². The van der Waals surface area contributed by atoms with Gasteiger partial charge in [0, 0.05) is 5.56 Å². The van der Waals surface area contributed by atoms with Gasteiger partial charge in [-0.1, -0.05) is 34.3 Å². The van der Waals surface area contributed by atoms with E-state index < -0.39 is 36.4 Å². The zero-order chi connectivity index (χ0) is 16.2. The molecule has 9 heteroatoms. The molecule has 0 heterocycles. The molecule has 0 fully saturated rings. The highest BCUT2D eigenvalue weighted by Gasteiger charge is 2.52. The van der Waals surface area contributed by atoms with Gasteiger partial charge in [-0.25, -0.2) is 0 Å². The van der Waals surface area contributed by atoms with Gasteiger partial charge in [0.1, 0.15) is 18.3 Å². The molecule has 5 N–H and O–H groups in total. The highest BCUT2D eigenvalue weighted by Crippen LogP contribution is 2.29. The SMILES string of the molecule is O=C(c1ccccc1)[C@](O)([C@@H](O)[C@H](O)[C@H](O)CO)N(Cl)Cl. The normalized spacial score (nSPS) is 18.9. The first-order valence-electron chi connectivity index (χ1n) is 5.85. The van der Waals surface area contributed by atoms with Crippen molar-refractivity contribution in [1.29, 1.82) is 0 Å². The third kappa shape index (κ3) is 3.71. The maximum absolute atomic E-state index is 12.3. The van der Waals surface area contributed by atoms with Gasteiger partial charge in [0.15, 0.2) is 0 Å². The summed E-state index contributed by atoms with van der Waals surface area (Å²) in [5.74, 6) is -1.09. The van der Waals surface area contributed by atoms with Crippen molar-refractivity contribution in [3.8, 4) is 0 Å². The molecular formula is C12H15Cl2NO6. The molecule has 0 aliphatic rings. The lowest BCUT2D eigenvalue weighted by Gasteiger charge is -2.36. The summed E-state index contributed by atoms with van der Waals surface area (Å²) in [7, 11) is 0. The van der Waals surface area contributed by atoms with Gasteiger partial charge < -0.3 is 25.5 Å². The van der Waals surface area contributed by atoms with Crippen molar-refractivity contribution in [2.75, 3.05) is 6.61 Å². The standard InChI is InChI=1S/C12H15Cl2NO6/c13-15(14)12(21,11(20)9(18)8(17)6-16)10(19)7-4-2-1-3-5-7/h1-5,8-9,11,16-18,20-21H,6H2/t8-,9-,11+,12+/m1/s1. The third-order valence-corrected chi connectivity index (χ3v) is 3.46. The Hall–Kier alpha value is -0.770. The minimum Gasteiger partial charge on any atom is -0.394 e. The van der Waals surface area contributed by atoms with Crippen molar-refractivity contribution in [2.24, 2.45) is 0 Å². The number of hydrogen-bond donors (Lipinski definition) is 5. The van der Waals surface area contributed by atoms with Crippen LogP contribution >= 0.6 is 23.6 Å². The fraction of sp³-hybridized carbons (Fsp3) is 0.417. The number of benzene rings is 1. The van der Waals surface area contributed by atoms with Crippen molar-refractivity contribution < 1.29 is 30.3 Å². The topological polar surface area (TPSA) is 121 Å². The van der Waals surface area contributed by atoms with Gasteiger partial charge in [-0.3, -0.25) is 4.79 Å². The number of carbonyl (C=O) groups is 1. The maximum Gasteiger partial charge on any atom is 0.239 e. The van der Waals surface area contributed by atoms with Crippen LogP contribution < -0.4 is 0 Å². The lowest BCUT2D eigenvalue weighted by atomic mass is 9.91. The molecule has 118 valence electrons. The van der Waals surface area contributed by atoms with E-state index in [2.05, 4.69) is 0 Å². The lowest BCUT2D eigenvalue weighted by molar-refractivity contribution is -0.161. The molecule has 0 amide bonds. The van der Waals surface area contributed by atoms with Crippen LogP contribution in [0.4, 0.5) is 0 Å². The van der Waals surface area contributed by atoms with Crippen molar-refractivity contribution in [2.45, 2.75) is 24.0 Å². The van der Waals surface area contributed by atoms with Crippen molar-refractivity contribution >= 4 is 29.3 Å². The lowest BCUT2D eigenvalue weighted by Crippen LogP contribution is -2.62. The van der Waals surface area contributed by atoms with E-state index in [9.17, 15) is 25.2 Å². The third-order valence-electron chi connectivity index (χ3n) is 2.95. The summed E-state index contributed by atoms with van der Waals surface area (Å²) in [5, 5.41) is 47.9. The molecule has 7 nitrogen and oxygen atoms in total. The second-order valence-electron chi connectivity index (χ2n) is 4.34. The van der Waals surface area contributed by atoms with E-state index in [1.807, 2.05) is 0 Å². The predicted molar refractivity (Wildman–Crippen MR) is 74.4 cm³/mol. The van der Waals surface area contributed by atoms with E-state index in [0.29, 0.717) is 0 Å². The molecule has 1 aromatic carbocycles. The number of halogens is 2. The first-order chi connectivity index (χ1) is 9.76. The summed E-state index contributed by atoms with van der Waals surface area (Å²) >= 11 is 10.9. The number of carbonyl (C=O) groups excluding carboxylic acids is 1. The summed E-state index contributed by atoms with van der Waals surface area (Å²) in [5.41, 5.74) is -2.95. The average molecular weight is 340 g/mol. The van der Waals surface area contributed by atoms with Crippen LogP contribution in [0, 0.1) is 0 Å². The van der Waals surface area contributed by atoms with Gasteiger partial charge in [-0.2, -0.15) is 0 Å². The fourth-order valence-corrected chi connectivity index (χ4v) is 2.02. The Morgan fingerprint density at radius 2 is 1.71 bits per heavy atom. The van der Waals surface area contributed by atoms with E-state index in [1.54, 1.807) is 6.07 Å². The van der Waals surface area contributed by atoms with Crippen molar-refractivity contribution in [1.82, 2.24) is 3.94 Å². The summed E-state index contributed by atoms with van der Waals surface area (Å²) in [4.78, 5) is 12.3. The smallest absolute Gasteiger partial charge is 0.239 e. The second kappa shape index (κ2) is 7.48. The van der Waals surface area contributed by atoms with Gasteiger partial charge in [0.05, 0.1) is 6.61 Å². The van der Waals surface area contributed by atoms with Crippen LogP contribution in [0.5, 0.6) is 0 Å². The van der Waals surface area contributed by atoms with Gasteiger partial charge in [0.2, 0.25) is 11.5 Å². The maximum atomic E-state index is 12.3. The van der Waals surface area contributed by atoms with Crippen molar-refractivity contribution in [3.63, 3.8) is 0 Å². The second-order valence-corrected chi connectivity index (χ2v) is 5.19. The van der Waals surface area contributed by atoms with Crippen LogP contribution in [0.1, 0.15) is 10.4 Å². The van der Waals surface area contributed by atoms with Crippen LogP contribution in [-0.2, 0) is 0 Å². The van der Waals surface area contributed by atoms with E-state index >= 15 is 0 Å². The molecule has 1 rings (SSSR count). The summed E-state index contributed by atoms with van der Waals surface area (Å²) in [6, 6.07) is 7.31. The molecular weight excluding hydrogens is 325 g/mol. The van der Waals surface area contributed by atoms with E-state index in [-0.39, 0.29) is 9.50 Å². The Morgan fingerprint density at radius 3 is 2.14 bits per heavy atom. The zero-order valence-corrected chi connectivity index (χ0v) is 12.2. The van der Waals surface area contributed by atoms with Gasteiger partial charge in [0.25, 0.3) is 0 Å². The highest BCUT2D eigenvalue weighted by molar-refractivity contribution is 6.36. The van der Waals surface area contributed by atoms with Gasteiger partial charge in [-0.15, -0.1) is 0 Å². The fourth-order valence-electron chi connectivity index (χ4n) is 1.67. The quantitative estimate of drug-likeness (QED) is 0.251. The molecule has 0 saturated heterocycles. The van der Waals surface area contributed by atoms with Crippen LogP contribution in [0.15, 0.2) is 30.3 Å². The average Bonchev–Trinajstić information content (AvgIpc) is 2.51. The Balaban J connectivity index is 3.17. The number of Topliss-reactive ketones (excluding diaryl/α,β-unsaturated/α-hetero) is 1. The Morgan fingerprint density at radius 1 is 1.19 bits per heavy atom. The molecule has 0 saturated carbocycles. The van der Waals surface area contributed by atoms with E-state index in [1.165, 1.54) is 24.3 Å². The summed E-state index contributed by atoms with van der Waals surface area (Å²) < 4.78 is -0.0136. The largest absolute Gasteiger partial charge is 0.394 e.